The van der Waals surface area contributed by atoms with Crippen LogP contribution in [0.4, 0.5) is 5.82 Å². The number of hydrogen-bond acceptors (Lipinski definition) is 7. The summed E-state index contributed by atoms with van der Waals surface area (Å²) in [5.41, 5.74) is 2.48. The SMILES string of the molecule is CCOCc1nc(NN)cc(SCCO)n1. The zero-order valence-corrected chi connectivity index (χ0v) is 9.96. The van der Waals surface area contributed by atoms with Gasteiger partial charge in [-0.05, 0) is 6.92 Å². The minimum atomic E-state index is 0.112. The molecule has 0 saturated carbocycles. The molecule has 0 amide bonds. The Morgan fingerprint density at radius 3 is 3.00 bits per heavy atom. The second-order valence-corrected chi connectivity index (χ2v) is 3.98. The highest BCUT2D eigenvalue weighted by atomic mass is 32.2. The number of aliphatic hydroxyl groups is 1. The summed E-state index contributed by atoms with van der Waals surface area (Å²) >= 11 is 1.45. The largest absolute Gasteiger partial charge is 0.396 e. The van der Waals surface area contributed by atoms with Gasteiger partial charge in [-0.15, -0.1) is 11.8 Å². The van der Waals surface area contributed by atoms with Crippen LogP contribution in [0.3, 0.4) is 0 Å². The molecule has 0 bridgehead atoms. The highest BCUT2D eigenvalue weighted by molar-refractivity contribution is 7.99. The number of aliphatic hydroxyl groups excluding tert-OH is 1. The molecule has 6 nitrogen and oxygen atoms in total. The van der Waals surface area contributed by atoms with Gasteiger partial charge in [0, 0.05) is 18.4 Å². The first-order valence-corrected chi connectivity index (χ1v) is 5.94. The van der Waals surface area contributed by atoms with Crippen LogP contribution in [0.15, 0.2) is 11.1 Å². The average Bonchev–Trinajstić information content (AvgIpc) is 2.33. The number of ether oxygens (including phenoxy) is 1. The fourth-order valence-corrected chi connectivity index (χ4v) is 1.69. The number of nitrogens with zero attached hydrogens (tertiary/aromatic N) is 2. The summed E-state index contributed by atoms with van der Waals surface area (Å²) in [4.78, 5) is 8.43. The molecule has 90 valence electrons. The van der Waals surface area contributed by atoms with Crippen LogP contribution in [0, 0.1) is 0 Å². The number of hydrogen-bond donors (Lipinski definition) is 3. The maximum absolute atomic E-state index is 8.74. The molecule has 0 aromatic carbocycles. The van der Waals surface area contributed by atoms with Gasteiger partial charge in [-0.25, -0.2) is 15.8 Å². The number of hydrazine groups is 1. The molecule has 1 aromatic heterocycles. The first kappa shape index (κ1) is 13.2. The minimum absolute atomic E-state index is 0.112. The van der Waals surface area contributed by atoms with Crippen LogP contribution < -0.4 is 11.3 Å². The summed E-state index contributed by atoms with van der Waals surface area (Å²) < 4.78 is 5.23. The predicted molar refractivity (Wildman–Crippen MR) is 63.0 cm³/mol. The number of rotatable bonds is 7. The van der Waals surface area contributed by atoms with Crippen molar-refractivity contribution in [2.75, 3.05) is 24.4 Å². The third kappa shape index (κ3) is 4.31. The van der Waals surface area contributed by atoms with Crippen molar-refractivity contribution in [1.82, 2.24) is 9.97 Å². The van der Waals surface area contributed by atoms with Gasteiger partial charge in [-0.3, -0.25) is 0 Å². The van der Waals surface area contributed by atoms with E-state index in [-0.39, 0.29) is 6.61 Å². The molecule has 0 radical (unpaired) electrons. The van der Waals surface area contributed by atoms with E-state index in [1.165, 1.54) is 11.8 Å². The Morgan fingerprint density at radius 1 is 1.56 bits per heavy atom. The number of nitrogens with one attached hydrogen (secondary N) is 1. The molecule has 0 atom stereocenters. The molecule has 0 aliphatic rings. The second kappa shape index (κ2) is 7.39. The van der Waals surface area contributed by atoms with Crippen LogP contribution in [-0.4, -0.2) is 34.0 Å². The molecule has 1 aromatic rings. The average molecular weight is 244 g/mol. The van der Waals surface area contributed by atoms with Crippen molar-refractivity contribution in [3.8, 4) is 0 Å². The van der Waals surface area contributed by atoms with Crippen molar-refractivity contribution in [2.45, 2.75) is 18.6 Å². The topological polar surface area (TPSA) is 93.3 Å². The van der Waals surface area contributed by atoms with Gasteiger partial charge in [-0.2, -0.15) is 0 Å². The first-order valence-electron chi connectivity index (χ1n) is 4.96. The lowest BCUT2D eigenvalue weighted by atomic mass is 10.5. The van der Waals surface area contributed by atoms with Crippen molar-refractivity contribution < 1.29 is 9.84 Å². The van der Waals surface area contributed by atoms with Crippen molar-refractivity contribution in [2.24, 2.45) is 5.84 Å². The zero-order valence-electron chi connectivity index (χ0n) is 9.14. The third-order valence-corrected chi connectivity index (χ3v) is 2.56. The maximum atomic E-state index is 8.74. The van der Waals surface area contributed by atoms with Crippen LogP contribution in [0.5, 0.6) is 0 Å². The summed E-state index contributed by atoms with van der Waals surface area (Å²) in [6.45, 7) is 2.99. The Hall–Kier alpha value is -0.890. The highest BCUT2D eigenvalue weighted by Gasteiger charge is 2.04. The summed E-state index contributed by atoms with van der Waals surface area (Å²) in [6.07, 6.45) is 0. The monoisotopic (exact) mass is 244 g/mol. The second-order valence-electron chi connectivity index (χ2n) is 2.86. The molecule has 0 aliphatic carbocycles. The third-order valence-electron chi connectivity index (χ3n) is 1.67. The smallest absolute Gasteiger partial charge is 0.157 e. The molecule has 0 aliphatic heterocycles. The Kier molecular flexibility index (Phi) is 6.09. The van der Waals surface area contributed by atoms with E-state index < -0.39 is 0 Å². The van der Waals surface area contributed by atoms with Crippen LogP contribution in [0.2, 0.25) is 0 Å². The molecule has 16 heavy (non-hydrogen) atoms. The van der Waals surface area contributed by atoms with E-state index in [9.17, 15) is 0 Å². The van der Waals surface area contributed by atoms with Crippen LogP contribution in [-0.2, 0) is 11.3 Å². The number of anilines is 1. The van der Waals surface area contributed by atoms with Gasteiger partial charge < -0.3 is 15.3 Å². The van der Waals surface area contributed by atoms with E-state index in [0.29, 0.717) is 30.6 Å². The van der Waals surface area contributed by atoms with Crippen LogP contribution in [0.25, 0.3) is 0 Å². The highest BCUT2D eigenvalue weighted by Crippen LogP contribution is 2.18. The molecule has 7 heteroatoms. The number of nitrogens with two attached hydrogens (primary N) is 1. The molecule has 0 spiro atoms. The van der Waals surface area contributed by atoms with Crippen molar-refractivity contribution in [3.05, 3.63) is 11.9 Å². The van der Waals surface area contributed by atoms with Gasteiger partial charge >= 0.3 is 0 Å². The molecule has 0 unspecified atom stereocenters. The lowest BCUT2D eigenvalue weighted by molar-refractivity contribution is 0.128. The fraction of sp³-hybridized carbons (Fsp3) is 0.556. The Balaban J connectivity index is 2.74. The number of thioether (sulfide) groups is 1. The maximum Gasteiger partial charge on any atom is 0.157 e. The zero-order chi connectivity index (χ0) is 11.8. The Labute approximate surface area is 98.6 Å². The normalized spacial score (nSPS) is 10.4. The molecular weight excluding hydrogens is 228 g/mol. The molecular formula is C9H16N4O2S. The van der Waals surface area contributed by atoms with Gasteiger partial charge in [0.2, 0.25) is 0 Å². The van der Waals surface area contributed by atoms with Crippen molar-refractivity contribution in [3.63, 3.8) is 0 Å². The van der Waals surface area contributed by atoms with E-state index >= 15 is 0 Å². The number of aromatic nitrogens is 2. The Morgan fingerprint density at radius 2 is 2.38 bits per heavy atom. The van der Waals surface area contributed by atoms with Crippen LogP contribution >= 0.6 is 11.8 Å². The summed E-state index contributed by atoms with van der Waals surface area (Å²) in [5.74, 6) is 7.03. The van der Waals surface area contributed by atoms with Gasteiger partial charge in [0.1, 0.15) is 17.5 Å². The number of nitrogen functional groups attached to an aromatic ring is 1. The predicted octanol–water partition coefficient (Wildman–Crippen LogP) is 0.383. The van der Waals surface area contributed by atoms with E-state index in [2.05, 4.69) is 15.4 Å². The van der Waals surface area contributed by atoms with Crippen molar-refractivity contribution in [1.29, 1.82) is 0 Å². The standard InChI is InChI=1S/C9H16N4O2S/c1-2-15-6-8-11-7(13-10)5-9(12-8)16-4-3-14/h5,14H,2-4,6,10H2,1H3,(H,11,12,13). The van der Waals surface area contributed by atoms with E-state index in [0.717, 1.165) is 5.03 Å². The van der Waals surface area contributed by atoms with Gasteiger partial charge in [-0.1, -0.05) is 0 Å². The van der Waals surface area contributed by atoms with Crippen LogP contribution in [0.1, 0.15) is 12.7 Å². The lowest BCUT2D eigenvalue weighted by Gasteiger charge is -2.06. The molecule has 1 rings (SSSR count). The van der Waals surface area contributed by atoms with E-state index in [4.69, 9.17) is 15.7 Å². The van der Waals surface area contributed by atoms with Crippen molar-refractivity contribution >= 4 is 17.6 Å². The molecule has 1 heterocycles. The molecule has 4 N–H and O–H groups in total. The van der Waals surface area contributed by atoms with E-state index in [1.54, 1.807) is 6.07 Å². The van der Waals surface area contributed by atoms with Gasteiger partial charge in [0.05, 0.1) is 6.61 Å². The Bertz CT molecular complexity index is 298. The molecule has 0 fully saturated rings. The molecule has 0 saturated heterocycles. The van der Waals surface area contributed by atoms with E-state index in [1.807, 2.05) is 6.92 Å². The van der Waals surface area contributed by atoms with Gasteiger partial charge in [0.25, 0.3) is 0 Å². The fourth-order valence-electron chi connectivity index (χ4n) is 1.03. The minimum Gasteiger partial charge on any atom is -0.396 e. The summed E-state index contributed by atoms with van der Waals surface area (Å²) in [5, 5.41) is 9.51. The summed E-state index contributed by atoms with van der Waals surface area (Å²) in [6, 6.07) is 1.73. The quantitative estimate of drug-likeness (QED) is 0.276. The van der Waals surface area contributed by atoms with Gasteiger partial charge in [0.15, 0.2) is 5.82 Å². The summed E-state index contributed by atoms with van der Waals surface area (Å²) in [7, 11) is 0. The lowest BCUT2D eigenvalue weighted by Crippen LogP contribution is -2.11. The first-order chi connectivity index (χ1) is 7.80.